The maximum atomic E-state index is 11.9. The molecule has 1 aliphatic heterocycles. The van der Waals surface area contributed by atoms with Gasteiger partial charge in [-0.3, -0.25) is 9.69 Å². The molecule has 2 rings (SSSR count). The summed E-state index contributed by atoms with van der Waals surface area (Å²) >= 11 is 0. The molecule has 1 aromatic rings. The zero-order valence-electron chi connectivity index (χ0n) is 13.3. The van der Waals surface area contributed by atoms with Crippen LogP contribution in [-0.2, 0) is 9.53 Å². The van der Waals surface area contributed by atoms with Crippen LogP contribution in [0, 0.1) is 0 Å². The van der Waals surface area contributed by atoms with Crippen molar-refractivity contribution in [3.05, 3.63) is 35.9 Å². The van der Waals surface area contributed by atoms with Crippen LogP contribution >= 0.6 is 0 Å². The SMILES string of the molecule is CCCCCCC(=O)CCN1C(=O)OC[C@@H]1c1ccccc1. The van der Waals surface area contributed by atoms with E-state index in [1.807, 2.05) is 30.3 Å². The van der Waals surface area contributed by atoms with Crippen LogP contribution in [0.3, 0.4) is 0 Å². The number of rotatable bonds is 9. The summed E-state index contributed by atoms with van der Waals surface area (Å²) in [6.07, 6.45) is 5.16. The molecule has 0 aliphatic carbocycles. The number of carbonyl (C=O) groups excluding carboxylic acids is 2. The third-order valence-corrected chi connectivity index (χ3v) is 4.10. The number of Topliss-reactive ketones (excluding diaryl/α,β-unsaturated/α-hetero) is 1. The van der Waals surface area contributed by atoms with Gasteiger partial charge in [0.15, 0.2) is 0 Å². The summed E-state index contributed by atoms with van der Waals surface area (Å²) in [6.45, 7) is 2.98. The molecule has 0 radical (unpaired) electrons. The van der Waals surface area contributed by atoms with Gasteiger partial charge in [0.05, 0.1) is 6.04 Å². The van der Waals surface area contributed by atoms with Crippen molar-refractivity contribution in [1.29, 1.82) is 0 Å². The van der Waals surface area contributed by atoms with Gasteiger partial charge in [0.2, 0.25) is 0 Å². The van der Waals surface area contributed by atoms with Crippen LogP contribution in [-0.4, -0.2) is 29.9 Å². The minimum atomic E-state index is -0.312. The second-order valence-electron chi connectivity index (χ2n) is 5.80. The van der Waals surface area contributed by atoms with Crippen molar-refractivity contribution in [2.75, 3.05) is 13.2 Å². The van der Waals surface area contributed by atoms with Gasteiger partial charge < -0.3 is 4.74 Å². The Morgan fingerprint density at radius 2 is 1.95 bits per heavy atom. The molecule has 0 N–H and O–H groups in total. The lowest BCUT2D eigenvalue weighted by Crippen LogP contribution is -2.30. The normalized spacial score (nSPS) is 17.6. The maximum absolute atomic E-state index is 11.9. The van der Waals surface area contributed by atoms with Gasteiger partial charge in [-0.25, -0.2) is 4.79 Å². The van der Waals surface area contributed by atoms with Crippen molar-refractivity contribution in [2.45, 2.75) is 51.5 Å². The summed E-state index contributed by atoms with van der Waals surface area (Å²) in [5, 5.41) is 0. The zero-order chi connectivity index (χ0) is 15.8. The summed E-state index contributed by atoms with van der Waals surface area (Å²) in [5.41, 5.74) is 1.06. The van der Waals surface area contributed by atoms with Crippen molar-refractivity contribution in [3.63, 3.8) is 0 Å². The van der Waals surface area contributed by atoms with E-state index < -0.39 is 0 Å². The Kier molecular flexibility index (Phi) is 6.44. The molecular formula is C18H25NO3. The minimum Gasteiger partial charge on any atom is -0.447 e. The first-order valence-electron chi connectivity index (χ1n) is 8.22. The van der Waals surface area contributed by atoms with Gasteiger partial charge in [0.1, 0.15) is 12.4 Å². The van der Waals surface area contributed by atoms with E-state index in [4.69, 9.17) is 4.74 Å². The first-order valence-corrected chi connectivity index (χ1v) is 8.22. The van der Waals surface area contributed by atoms with E-state index in [1.54, 1.807) is 4.90 Å². The van der Waals surface area contributed by atoms with Crippen molar-refractivity contribution in [3.8, 4) is 0 Å². The second kappa shape index (κ2) is 8.57. The second-order valence-corrected chi connectivity index (χ2v) is 5.80. The molecule has 120 valence electrons. The fraction of sp³-hybridized carbons (Fsp3) is 0.556. The van der Waals surface area contributed by atoms with E-state index in [0.29, 0.717) is 26.0 Å². The number of unbranched alkanes of at least 4 members (excludes halogenated alkanes) is 3. The van der Waals surface area contributed by atoms with Crippen LogP contribution in [0.15, 0.2) is 30.3 Å². The molecule has 0 aromatic heterocycles. The number of benzene rings is 1. The number of amides is 1. The molecule has 0 saturated carbocycles. The number of cyclic esters (lactones) is 1. The van der Waals surface area contributed by atoms with Crippen LogP contribution < -0.4 is 0 Å². The molecule has 1 saturated heterocycles. The highest BCUT2D eigenvalue weighted by molar-refractivity contribution is 5.79. The van der Waals surface area contributed by atoms with Crippen molar-refractivity contribution < 1.29 is 14.3 Å². The molecule has 0 unspecified atom stereocenters. The van der Waals surface area contributed by atoms with E-state index in [0.717, 1.165) is 18.4 Å². The Balaban J connectivity index is 1.82. The molecule has 4 heteroatoms. The Morgan fingerprint density at radius 3 is 2.68 bits per heavy atom. The number of ether oxygens (including phenoxy) is 1. The average molecular weight is 303 g/mol. The third kappa shape index (κ3) is 4.58. The summed E-state index contributed by atoms with van der Waals surface area (Å²) in [7, 11) is 0. The van der Waals surface area contributed by atoms with Crippen LogP contribution in [0.4, 0.5) is 4.79 Å². The predicted octanol–water partition coefficient (Wildman–Crippen LogP) is 4.11. The van der Waals surface area contributed by atoms with Crippen molar-refractivity contribution >= 4 is 11.9 Å². The van der Waals surface area contributed by atoms with E-state index in [2.05, 4.69) is 6.92 Å². The summed E-state index contributed by atoms with van der Waals surface area (Å²) in [6, 6.07) is 9.77. The van der Waals surface area contributed by atoms with E-state index in [9.17, 15) is 9.59 Å². The monoisotopic (exact) mass is 303 g/mol. The molecule has 1 heterocycles. The number of nitrogens with zero attached hydrogens (tertiary/aromatic N) is 1. The van der Waals surface area contributed by atoms with E-state index >= 15 is 0 Å². The largest absolute Gasteiger partial charge is 0.447 e. The van der Waals surface area contributed by atoms with Crippen LogP contribution in [0.2, 0.25) is 0 Å². The van der Waals surface area contributed by atoms with Gasteiger partial charge in [0.25, 0.3) is 0 Å². The van der Waals surface area contributed by atoms with Crippen molar-refractivity contribution in [2.24, 2.45) is 0 Å². The topological polar surface area (TPSA) is 46.6 Å². The number of hydrogen-bond acceptors (Lipinski definition) is 3. The smallest absolute Gasteiger partial charge is 0.410 e. The lowest BCUT2D eigenvalue weighted by molar-refractivity contribution is -0.119. The fourth-order valence-electron chi connectivity index (χ4n) is 2.77. The minimum absolute atomic E-state index is 0.0680. The molecule has 22 heavy (non-hydrogen) atoms. The lowest BCUT2D eigenvalue weighted by atomic mass is 10.1. The van der Waals surface area contributed by atoms with Gasteiger partial charge in [-0.1, -0.05) is 56.5 Å². The molecule has 1 atom stereocenters. The molecule has 0 spiro atoms. The first-order chi connectivity index (χ1) is 10.7. The van der Waals surface area contributed by atoms with Gasteiger partial charge in [-0.05, 0) is 12.0 Å². The number of hydrogen-bond donors (Lipinski definition) is 0. The average Bonchev–Trinajstić information content (AvgIpc) is 2.91. The highest BCUT2D eigenvalue weighted by atomic mass is 16.6. The summed E-state index contributed by atoms with van der Waals surface area (Å²) in [5.74, 6) is 0.239. The molecule has 1 fully saturated rings. The zero-order valence-corrected chi connectivity index (χ0v) is 13.3. The molecule has 0 bridgehead atoms. The van der Waals surface area contributed by atoms with Gasteiger partial charge >= 0.3 is 6.09 Å². The van der Waals surface area contributed by atoms with E-state index in [1.165, 1.54) is 12.8 Å². The lowest BCUT2D eigenvalue weighted by Gasteiger charge is -2.21. The summed E-state index contributed by atoms with van der Waals surface area (Å²) < 4.78 is 5.15. The predicted molar refractivity (Wildman–Crippen MR) is 85.6 cm³/mol. The van der Waals surface area contributed by atoms with Crippen LogP contribution in [0.5, 0.6) is 0 Å². The van der Waals surface area contributed by atoms with Crippen molar-refractivity contribution in [1.82, 2.24) is 4.90 Å². The Hall–Kier alpha value is -1.84. The summed E-state index contributed by atoms with van der Waals surface area (Å²) in [4.78, 5) is 25.5. The van der Waals surface area contributed by atoms with Gasteiger partial charge in [-0.2, -0.15) is 0 Å². The molecule has 1 aliphatic rings. The fourth-order valence-corrected chi connectivity index (χ4v) is 2.77. The number of carbonyl (C=O) groups is 2. The first kappa shape index (κ1) is 16.5. The Morgan fingerprint density at radius 1 is 1.18 bits per heavy atom. The highest BCUT2D eigenvalue weighted by Gasteiger charge is 2.33. The van der Waals surface area contributed by atoms with Crippen LogP contribution in [0.25, 0.3) is 0 Å². The highest BCUT2D eigenvalue weighted by Crippen LogP contribution is 2.27. The quantitative estimate of drug-likeness (QED) is 0.645. The van der Waals surface area contributed by atoms with Gasteiger partial charge in [0, 0.05) is 19.4 Å². The van der Waals surface area contributed by atoms with Crippen LogP contribution in [0.1, 0.15) is 57.1 Å². The van der Waals surface area contributed by atoms with Gasteiger partial charge in [-0.15, -0.1) is 0 Å². The molecule has 1 aromatic carbocycles. The molecule has 4 nitrogen and oxygen atoms in total. The molecule has 1 amide bonds. The maximum Gasteiger partial charge on any atom is 0.410 e. The Labute approximate surface area is 132 Å². The Bertz CT molecular complexity index is 486. The number of ketones is 1. The standard InChI is InChI=1S/C18H25NO3/c1-2-3-4-8-11-16(20)12-13-19-17(14-22-18(19)21)15-9-6-5-7-10-15/h5-7,9-10,17H,2-4,8,11-14H2,1H3/t17-/m1/s1. The molecular weight excluding hydrogens is 278 g/mol. The third-order valence-electron chi connectivity index (χ3n) is 4.10. The van der Waals surface area contributed by atoms with E-state index in [-0.39, 0.29) is 17.9 Å².